The number of ether oxygens (including phenoxy) is 11. The number of alkyl halides is 3. The van der Waals surface area contributed by atoms with E-state index in [2.05, 4.69) is 4.98 Å². The van der Waals surface area contributed by atoms with Crippen LogP contribution in [-0.2, 0) is 58.3 Å². The summed E-state index contributed by atoms with van der Waals surface area (Å²) >= 11 is 0. The standard InChI is InChI=1S/C38H49F3N2O14/c1-47-8-9-48-10-11-49-12-13-50-14-15-51-16-17-52-18-19-53-20-21-54-22-23-55-37(46)56-27-30-26-43(36(45)57-30)29-7-6-28-24-34(42-35(44)32(28)25-29)31-4-2-3-5-33(31)38(39,40)41/h2-7,24-25,30H,8-23,26-27H2,1H3,(H,42,44)/t30-/m0/s1. The molecule has 3 aromatic rings. The minimum absolute atomic E-state index is 0.00288. The number of aromatic amines is 1. The van der Waals surface area contributed by atoms with Gasteiger partial charge in [-0.3, -0.25) is 9.69 Å². The highest BCUT2D eigenvalue weighted by Crippen LogP contribution is 2.37. The van der Waals surface area contributed by atoms with E-state index in [4.69, 9.17) is 52.1 Å². The number of halogens is 3. The van der Waals surface area contributed by atoms with E-state index in [9.17, 15) is 27.6 Å². The topological polar surface area (TPSA) is 172 Å². The Morgan fingerprint density at radius 3 is 1.79 bits per heavy atom. The van der Waals surface area contributed by atoms with Gasteiger partial charge in [0.05, 0.1) is 111 Å². The van der Waals surface area contributed by atoms with Gasteiger partial charge in [0.1, 0.15) is 13.2 Å². The second-order valence-electron chi connectivity index (χ2n) is 12.1. The van der Waals surface area contributed by atoms with Crippen LogP contribution in [0.5, 0.6) is 0 Å². The lowest BCUT2D eigenvalue weighted by molar-refractivity contribution is -0.137. The third-order valence-corrected chi connectivity index (χ3v) is 8.04. The minimum atomic E-state index is -4.62. The maximum Gasteiger partial charge on any atom is 0.508 e. The lowest BCUT2D eigenvalue weighted by atomic mass is 10.0. The Kier molecular flexibility index (Phi) is 20.0. The van der Waals surface area contributed by atoms with Gasteiger partial charge in [0.15, 0.2) is 6.10 Å². The van der Waals surface area contributed by atoms with Crippen LogP contribution in [0.3, 0.4) is 0 Å². The maximum atomic E-state index is 13.6. The molecule has 0 bridgehead atoms. The second kappa shape index (κ2) is 25.1. The highest BCUT2D eigenvalue weighted by molar-refractivity contribution is 5.94. The molecule has 1 fully saturated rings. The van der Waals surface area contributed by atoms with E-state index >= 15 is 0 Å². The molecule has 1 atom stereocenters. The van der Waals surface area contributed by atoms with E-state index in [1.165, 1.54) is 41.3 Å². The number of rotatable bonds is 28. The molecule has 1 N–H and O–H groups in total. The van der Waals surface area contributed by atoms with Crippen molar-refractivity contribution in [1.29, 1.82) is 0 Å². The van der Waals surface area contributed by atoms with Crippen LogP contribution in [0.15, 0.2) is 53.3 Å². The molecule has 57 heavy (non-hydrogen) atoms. The number of aromatic nitrogens is 1. The maximum absolute atomic E-state index is 13.6. The van der Waals surface area contributed by atoms with Gasteiger partial charge in [-0.05, 0) is 29.7 Å². The number of fused-ring (bicyclic) bond motifs is 1. The molecule has 19 heteroatoms. The van der Waals surface area contributed by atoms with Crippen LogP contribution in [0.25, 0.3) is 22.0 Å². The average Bonchev–Trinajstić information content (AvgIpc) is 3.58. The SMILES string of the molecule is COCCOCCOCCOCCOCCOCCOCCOCCOC(=O)OC[C@@H]1CN(c2ccc3cc(-c4ccccc4C(F)(F)F)[nH]c(=O)c3c2)C(=O)O1. The zero-order valence-corrected chi connectivity index (χ0v) is 31.7. The number of benzene rings is 2. The van der Waals surface area contributed by atoms with Gasteiger partial charge in [-0.25, -0.2) is 9.59 Å². The summed E-state index contributed by atoms with van der Waals surface area (Å²) in [4.78, 5) is 41.3. The number of H-pyrrole nitrogens is 1. The first-order valence-corrected chi connectivity index (χ1v) is 18.3. The molecule has 1 saturated heterocycles. The number of anilines is 1. The fraction of sp³-hybridized carbons (Fsp3) is 0.553. The number of carbonyl (C=O) groups is 2. The number of pyridine rings is 1. The quantitative estimate of drug-likeness (QED) is 0.0805. The van der Waals surface area contributed by atoms with Crippen LogP contribution in [0.1, 0.15) is 5.56 Å². The van der Waals surface area contributed by atoms with Crippen LogP contribution >= 0.6 is 0 Å². The summed E-state index contributed by atoms with van der Waals surface area (Å²) in [5, 5.41) is 0.531. The van der Waals surface area contributed by atoms with Crippen LogP contribution in [-0.4, -0.2) is 149 Å². The van der Waals surface area contributed by atoms with E-state index in [0.717, 1.165) is 6.07 Å². The molecule has 2 aromatic carbocycles. The number of methoxy groups -OCH3 is 1. The molecule has 0 aliphatic carbocycles. The Morgan fingerprint density at radius 2 is 1.25 bits per heavy atom. The summed E-state index contributed by atoms with van der Waals surface area (Å²) in [5.74, 6) is 0. The lowest BCUT2D eigenvalue weighted by Gasteiger charge is -2.15. The third-order valence-electron chi connectivity index (χ3n) is 8.04. The van der Waals surface area contributed by atoms with E-state index in [1.807, 2.05) is 0 Å². The number of nitrogens with one attached hydrogen (secondary N) is 1. The Hall–Kier alpha value is -4.34. The van der Waals surface area contributed by atoms with E-state index < -0.39 is 35.7 Å². The zero-order chi connectivity index (χ0) is 40.7. The van der Waals surface area contributed by atoms with Crippen molar-refractivity contribution in [3.63, 3.8) is 0 Å². The van der Waals surface area contributed by atoms with Gasteiger partial charge in [0.25, 0.3) is 5.56 Å². The Bertz CT molecular complexity index is 1710. The molecule has 1 amide bonds. The summed E-state index contributed by atoms with van der Waals surface area (Å²) < 4.78 is 98.7. The van der Waals surface area contributed by atoms with Crippen molar-refractivity contribution in [2.24, 2.45) is 0 Å². The van der Waals surface area contributed by atoms with Gasteiger partial charge in [0.2, 0.25) is 0 Å². The number of carbonyl (C=O) groups excluding carboxylic acids is 2. The summed E-state index contributed by atoms with van der Waals surface area (Å²) in [7, 11) is 1.62. The monoisotopic (exact) mass is 814 g/mol. The van der Waals surface area contributed by atoms with Crippen molar-refractivity contribution in [2.45, 2.75) is 12.3 Å². The summed E-state index contributed by atoms with van der Waals surface area (Å²) in [6, 6.07) is 10.9. The number of hydrogen-bond acceptors (Lipinski definition) is 14. The van der Waals surface area contributed by atoms with Crippen molar-refractivity contribution in [3.05, 3.63) is 64.4 Å². The van der Waals surface area contributed by atoms with Gasteiger partial charge >= 0.3 is 18.4 Å². The molecule has 1 aromatic heterocycles. The van der Waals surface area contributed by atoms with Crippen molar-refractivity contribution in [3.8, 4) is 11.3 Å². The third kappa shape index (κ3) is 16.2. The van der Waals surface area contributed by atoms with Gasteiger partial charge in [0, 0.05) is 29.4 Å². The first-order chi connectivity index (χ1) is 27.7. The van der Waals surface area contributed by atoms with Crippen molar-refractivity contribution in [2.75, 3.05) is 131 Å². The molecule has 2 heterocycles. The molecular formula is C38H49F3N2O14. The van der Waals surface area contributed by atoms with E-state index in [-0.39, 0.29) is 49.6 Å². The minimum Gasteiger partial charge on any atom is -0.440 e. The summed E-state index contributed by atoms with van der Waals surface area (Å²) in [5.41, 5.74) is -1.36. The molecule has 1 aliphatic rings. The van der Waals surface area contributed by atoms with Crippen molar-refractivity contribution < 1.29 is 74.9 Å². The zero-order valence-electron chi connectivity index (χ0n) is 31.7. The fourth-order valence-electron chi connectivity index (χ4n) is 5.30. The number of nitrogens with zero attached hydrogens (tertiary/aromatic N) is 1. The molecule has 0 saturated carbocycles. The first kappa shape index (κ1) is 45.4. The van der Waals surface area contributed by atoms with E-state index in [1.54, 1.807) is 13.2 Å². The van der Waals surface area contributed by atoms with Gasteiger partial charge in [-0.1, -0.05) is 24.3 Å². The highest BCUT2D eigenvalue weighted by atomic mass is 19.4. The lowest BCUT2D eigenvalue weighted by Crippen LogP contribution is -2.27. The van der Waals surface area contributed by atoms with Gasteiger partial charge in [-0.2, -0.15) is 13.2 Å². The predicted molar refractivity (Wildman–Crippen MR) is 198 cm³/mol. The van der Waals surface area contributed by atoms with Crippen molar-refractivity contribution in [1.82, 2.24) is 4.98 Å². The van der Waals surface area contributed by atoms with Crippen molar-refractivity contribution >= 4 is 28.7 Å². The molecule has 16 nitrogen and oxygen atoms in total. The summed E-state index contributed by atoms with van der Waals surface area (Å²) in [6.45, 7) is 6.01. The van der Waals surface area contributed by atoms with E-state index in [0.29, 0.717) is 97.0 Å². The highest BCUT2D eigenvalue weighted by Gasteiger charge is 2.35. The Labute approximate surface area is 327 Å². The molecular weight excluding hydrogens is 765 g/mol. The molecule has 0 radical (unpaired) electrons. The normalized spacial score (nSPS) is 14.4. The molecule has 1 aliphatic heterocycles. The fourth-order valence-corrected chi connectivity index (χ4v) is 5.30. The molecule has 4 rings (SSSR count). The smallest absolute Gasteiger partial charge is 0.440 e. The largest absolute Gasteiger partial charge is 0.508 e. The van der Waals surface area contributed by atoms with Crippen LogP contribution < -0.4 is 10.5 Å². The second-order valence-corrected chi connectivity index (χ2v) is 12.1. The Balaban J connectivity index is 0.989. The number of cyclic esters (lactones) is 1. The number of amides is 1. The van der Waals surface area contributed by atoms with Crippen LogP contribution in [0.4, 0.5) is 28.4 Å². The predicted octanol–water partition coefficient (Wildman–Crippen LogP) is 4.45. The summed E-state index contributed by atoms with van der Waals surface area (Å²) in [6.07, 6.45) is -7.13. The van der Waals surface area contributed by atoms with Gasteiger partial charge < -0.3 is 57.1 Å². The molecule has 0 spiro atoms. The molecule has 316 valence electrons. The van der Waals surface area contributed by atoms with Crippen LogP contribution in [0, 0.1) is 0 Å². The van der Waals surface area contributed by atoms with Gasteiger partial charge in [-0.15, -0.1) is 0 Å². The number of hydrogen-bond donors (Lipinski definition) is 1. The molecule has 0 unspecified atom stereocenters. The average molecular weight is 815 g/mol. The first-order valence-electron chi connectivity index (χ1n) is 18.3. The Morgan fingerprint density at radius 1 is 0.719 bits per heavy atom. The van der Waals surface area contributed by atoms with Crippen LogP contribution in [0.2, 0.25) is 0 Å².